The average Bonchev–Trinajstić information content (AvgIpc) is 3.93. The minimum Gasteiger partial charge on any atom is -0.309 e. The molecule has 0 saturated carbocycles. The summed E-state index contributed by atoms with van der Waals surface area (Å²) in [4.78, 5) is 0. The molecule has 11 rings (SSSR count). The molecule has 0 radical (unpaired) electrons. The highest BCUT2D eigenvalue weighted by Crippen LogP contribution is 2.45. The van der Waals surface area contributed by atoms with E-state index in [1.54, 1.807) is 28.0 Å². The number of hydrogen-bond acceptors (Lipinski definition) is 1. The zero-order valence-electron chi connectivity index (χ0n) is 31.1. The molecular weight excluding hydrogens is 579 g/mol. The van der Waals surface area contributed by atoms with E-state index in [2.05, 4.69) is 59.2 Å². The molecule has 0 aliphatic carbocycles. The van der Waals surface area contributed by atoms with E-state index in [9.17, 15) is 4.11 Å². The van der Waals surface area contributed by atoms with E-state index < -0.39 is 12.1 Å². The maximum Gasteiger partial charge on any atom is 0.0652 e. The number of thiophene rings is 1. The first-order chi connectivity index (χ1) is 25.8. The van der Waals surface area contributed by atoms with Gasteiger partial charge in [0.15, 0.2) is 0 Å². The number of nitrogens with zero attached hydrogens (tertiary/aromatic N) is 3. The molecule has 46 heavy (non-hydrogen) atoms. The summed E-state index contributed by atoms with van der Waals surface area (Å²) in [6.45, 7) is 0. The Morgan fingerprint density at radius 1 is 0.413 bits per heavy atom. The Hall–Kier alpha value is -5.84. The van der Waals surface area contributed by atoms with Gasteiger partial charge in [-0.05, 0) is 78.8 Å². The standard InChI is InChI=1S/C42H25N3S/c1-2-11-26(12-3-1)43-31-15-6-4-13-28(31)30-25-27(23-24-32(30)43)44-34-16-8-18-36-41(34)42-35(44)17-9-19-37(42)45(36)33-20-10-22-39-40(33)29-14-5-7-21-38(29)46-39/h1-25H/i4D,6D,13D,15D,23D,24D,25D. The molecule has 4 heteroatoms. The van der Waals surface area contributed by atoms with E-state index in [0.29, 0.717) is 5.69 Å². The lowest BCUT2D eigenvalue weighted by atomic mass is 10.1. The fourth-order valence-corrected chi connectivity index (χ4v) is 8.60. The monoisotopic (exact) mass is 610 g/mol. The maximum atomic E-state index is 9.85. The number of para-hydroxylation sites is 2. The molecule has 3 nitrogen and oxygen atoms in total. The Bertz CT molecular complexity index is 3310. The Balaban J connectivity index is 1.29. The third kappa shape index (κ3) is 3.06. The van der Waals surface area contributed by atoms with Gasteiger partial charge in [-0.1, -0.05) is 72.7 Å². The first kappa shape index (κ1) is 18.8. The molecule has 11 aromatic rings. The fraction of sp³-hybridized carbons (Fsp3) is 0. The van der Waals surface area contributed by atoms with Crippen molar-refractivity contribution in [1.29, 1.82) is 0 Å². The van der Waals surface area contributed by atoms with E-state index in [-0.39, 0.29) is 57.7 Å². The second kappa shape index (κ2) is 8.87. The highest BCUT2D eigenvalue weighted by molar-refractivity contribution is 7.25. The van der Waals surface area contributed by atoms with Gasteiger partial charge in [0.2, 0.25) is 0 Å². The molecule has 0 aliphatic heterocycles. The van der Waals surface area contributed by atoms with Gasteiger partial charge in [0.05, 0.1) is 48.4 Å². The normalized spacial score (nSPS) is 14.5. The van der Waals surface area contributed by atoms with Crippen LogP contribution in [0.5, 0.6) is 0 Å². The molecule has 0 atom stereocenters. The largest absolute Gasteiger partial charge is 0.309 e. The third-order valence-electron chi connectivity index (χ3n) is 9.26. The molecule has 0 amide bonds. The van der Waals surface area contributed by atoms with E-state index in [4.69, 9.17) is 5.48 Å². The number of benzene rings is 7. The lowest BCUT2D eigenvalue weighted by Crippen LogP contribution is -1.98. The van der Waals surface area contributed by atoms with E-state index in [1.807, 2.05) is 47.0 Å². The number of rotatable bonds is 3. The minimum atomic E-state index is -0.411. The summed E-state index contributed by atoms with van der Waals surface area (Å²) in [5, 5.41) is 4.72. The molecule has 0 fully saturated rings. The average molecular weight is 611 g/mol. The molecular formula is C42H25N3S. The molecule has 214 valence electrons. The summed E-state index contributed by atoms with van der Waals surface area (Å²) in [6, 6.07) is 34.4. The highest BCUT2D eigenvalue weighted by Gasteiger charge is 2.24. The summed E-state index contributed by atoms with van der Waals surface area (Å²) < 4.78 is 72.2. The zero-order valence-corrected chi connectivity index (χ0v) is 25.0. The summed E-state index contributed by atoms with van der Waals surface area (Å²) in [6.07, 6.45) is 0. The van der Waals surface area contributed by atoms with Gasteiger partial charge in [0.25, 0.3) is 0 Å². The summed E-state index contributed by atoms with van der Waals surface area (Å²) in [7, 11) is 0. The topological polar surface area (TPSA) is 14.8 Å². The van der Waals surface area contributed by atoms with Crippen LogP contribution in [0, 0.1) is 0 Å². The summed E-state index contributed by atoms with van der Waals surface area (Å²) in [5.41, 5.74) is 5.74. The van der Waals surface area contributed by atoms with Crippen molar-refractivity contribution < 1.29 is 9.60 Å². The van der Waals surface area contributed by atoms with Gasteiger partial charge < -0.3 is 13.7 Å². The minimum absolute atomic E-state index is 0.0766. The smallest absolute Gasteiger partial charge is 0.0652 e. The van der Waals surface area contributed by atoms with Crippen molar-refractivity contribution in [1.82, 2.24) is 13.7 Å². The van der Waals surface area contributed by atoms with Crippen LogP contribution in [0.4, 0.5) is 0 Å². The van der Waals surface area contributed by atoms with Crippen LogP contribution in [0.3, 0.4) is 0 Å². The van der Waals surface area contributed by atoms with Gasteiger partial charge in [-0.3, -0.25) is 0 Å². The predicted molar refractivity (Wildman–Crippen MR) is 196 cm³/mol. The Morgan fingerprint density at radius 3 is 1.85 bits per heavy atom. The Labute approximate surface area is 277 Å². The second-order valence-corrected chi connectivity index (χ2v) is 12.7. The van der Waals surface area contributed by atoms with Gasteiger partial charge >= 0.3 is 0 Å². The van der Waals surface area contributed by atoms with Gasteiger partial charge in [-0.15, -0.1) is 11.3 Å². The van der Waals surface area contributed by atoms with Crippen molar-refractivity contribution in [3.05, 3.63) is 151 Å². The van der Waals surface area contributed by atoms with Crippen molar-refractivity contribution in [3.8, 4) is 17.1 Å². The lowest BCUT2D eigenvalue weighted by Gasteiger charge is -2.14. The molecule has 0 bridgehead atoms. The van der Waals surface area contributed by atoms with Crippen LogP contribution >= 0.6 is 11.3 Å². The molecule has 0 unspecified atom stereocenters. The number of aromatic nitrogens is 3. The predicted octanol–water partition coefficient (Wildman–Crippen LogP) is 11.6. The van der Waals surface area contributed by atoms with Crippen LogP contribution in [0.2, 0.25) is 0 Å². The van der Waals surface area contributed by atoms with Crippen LogP contribution in [-0.4, -0.2) is 13.7 Å². The lowest BCUT2D eigenvalue weighted by molar-refractivity contribution is 1.16. The number of fused-ring (bicyclic) bond motifs is 6. The molecule has 4 aromatic heterocycles. The third-order valence-corrected chi connectivity index (χ3v) is 10.4. The van der Waals surface area contributed by atoms with Crippen LogP contribution < -0.4 is 0 Å². The van der Waals surface area contributed by atoms with Gasteiger partial charge in [0.1, 0.15) is 0 Å². The van der Waals surface area contributed by atoms with Gasteiger partial charge in [0, 0.05) is 53.1 Å². The quantitative estimate of drug-likeness (QED) is 0.189. The summed E-state index contributed by atoms with van der Waals surface area (Å²) >= 11 is 1.78. The van der Waals surface area contributed by atoms with Crippen LogP contribution in [0.1, 0.15) is 9.60 Å². The highest BCUT2D eigenvalue weighted by atomic mass is 32.1. The van der Waals surface area contributed by atoms with Crippen LogP contribution in [0.25, 0.3) is 91.9 Å². The molecule has 7 aromatic carbocycles. The Morgan fingerprint density at radius 2 is 1.04 bits per heavy atom. The first-order valence-corrected chi connectivity index (χ1v) is 16.0. The van der Waals surface area contributed by atoms with E-state index in [0.717, 1.165) is 38.5 Å². The number of hydrogen-bond donors (Lipinski definition) is 0. The zero-order chi connectivity index (χ0) is 36.0. The molecule has 0 N–H and O–H groups in total. The van der Waals surface area contributed by atoms with Crippen molar-refractivity contribution in [2.45, 2.75) is 0 Å². The van der Waals surface area contributed by atoms with Gasteiger partial charge in [-0.2, -0.15) is 0 Å². The van der Waals surface area contributed by atoms with Crippen LogP contribution in [0.15, 0.2) is 151 Å². The van der Waals surface area contributed by atoms with E-state index in [1.165, 1.54) is 20.2 Å². The molecule has 4 heterocycles. The molecule has 0 aliphatic rings. The van der Waals surface area contributed by atoms with Crippen LogP contribution in [-0.2, 0) is 0 Å². The first-order valence-electron chi connectivity index (χ1n) is 18.6. The van der Waals surface area contributed by atoms with Gasteiger partial charge in [-0.25, -0.2) is 0 Å². The maximum absolute atomic E-state index is 9.85. The van der Waals surface area contributed by atoms with Crippen molar-refractivity contribution >= 4 is 86.2 Å². The van der Waals surface area contributed by atoms with Crippen molar-refractivity contribution in [2.24, 2.45) is 0 Å². The SMILES string of the molecule is [2H]c1c([2H])c([2H])c2c(c1[2H])c1c([2H])c(-n3c4cccc5c4c4c3cccc4n5-c3cccc4sc5ccccc5c34)c([2H])c([2H])c1n2-c1ccccc1. The van der Waals surface area contributed by atoms with Crippen molar-refractivity contribution in [3.63, 3.8) is 0 Å². The van der Waals surface area contributed by atoms with Crippen molar-refractivity contribution in [2.75, 3.05) is 0 Å². The molecule has 0 spiro atoms. The fourth-order valence-electron chi connectivity index (χ4n) is 7.47. The second-order valence-electron chi connectivity index (χ2n) is 11.6. The molecule has 0 saturated heterocycles. The summed E-state index contributed by atoms with van der Waals surface area (Å²) in [5.74, 6) is 0. The van der Waals surface area contributed by atoms with E-state index >= 15 is 0 Å². The Kier molecular flexibility index (Phi) is 3.64.